The lowest BCUT2D eigenvalue weighted by Gasteiger charge is -2.44. The fourth-order valence-electron chi connectivity index (χ4n) is 3.50. The third kappa shape index (κ3) is 1.50. The normalized spacial score (nSPS) is 31.7. The summed E-state index contributed by atoms with van der Waals surface area (Å²) in [7, 11) is 0. The van der Waals surface area contributed by atoms with E-state index in [2.05, 4.69) is 32.6 Å². The van der Waals surface area contributed by atoms with Gasteiger partial charge in [-0.15, -0.1) is 0 Å². The monoisotopic (exact) mass is 195 g/mol. The highest BCUT2D eigenvalue weighted by Crippen LogP contribution is 2.54. The summed E-state index contributed by atoms with van der Waals surface area (Å²) >= 11 is 0. The minimum Gasteiger partial charge on any atom is -0.300 e. The van der Waals surface area contributed by atoms with E-state index < -0.39 is 0 Å². The van der Waals surface area contributed by atoms with Crippen LogP contribution in [0.25, 0.3) is 0 Å². The third-order valence-electron chi connectivity index (χ3n) is 4.62. The van der Waals surface area contributed by atoms with E-state index in [9.17, 15) is 0 Å². The Morgan fingerprint density at radius 1 is 1.14 bits per heavy atom. The van der Waals surface area contributed by atoms with Crippen LogP contribution in [0.4, 0.5) is 0 Å². The Kier molecular flexibility index (Phi) is 2.63. The molecule has 1 unspecified atom stereocenters. The van der Waals surface area contributed by atoms with Gasteiger partial charge in [0.25, 0.3) is 0 Å². The van der Waals surface area contributed by atoms with Crippen LogP contribution in [0.1, 0.15) is 47.0 Å². The van der Waals surface area contributed by atoms with Crippen molar-refractivity contribution in [2.75, 3.05) is 13.1 Å². The van der Waals surface area contributed by atoms with Gasteiger partial charge in [-0.05, 0) is 43.9 Å². The fraction of sp³-hybridized carbons (Fsp3) is 1.00. The van der Waals surface area contributed by atoms with Gasteiger partial charge in [-0.2, -0.15) is 0 Å². The van der Waals surface area contributed by atoms with Crippen LogP contribution < -0.4 is 0 Å². The lowest BCUT2D eigenvalue weighted by atomic mass is 9.60. The van der Waals surface area contributed by atoms with Gasteiger partial charge in [0.2, 0.25) is 0 Å². The van der Waals surface area contributed by atoms with Crippen molar-refractivity contribution in [2.24, 2.45) is 17.3 Å². The maximum Gasteiger partial charge on any atom is 0.00440 e. The summed E-state index contributed by atoms with van der Waals surface area (Å²) in [6.07, 6.45) is 4.48. The van der Waals surface area contributed by atoms with Gasteiger partial charge in [-0.1, -0.05) is 20.3 Å². The zero-order valence-corrected chi connectivity index (χ0v) is 10.2. The van der Waals surface area contributed by atoms with Gasteiger partial charge in [-0.3, -0.25) is 0 Å². The number of nitrogens with zero attached hydrogens (tertiary/aromatic N) is 1. The fourth-order valence-corrected chi connectivity index (χ4v) is 3.50. The average Bonchev–Trinajstić information content (AvgIpc) is 2.42. The van der Waals surface area contributed by atoms with Crippen molar-refractivity contribution in [1.29, 1.82) is 0 Å². The molecule has 0 bridgehead atoms. The summed E-state index contributed by atoms with van der Waals surface area (Å²) in [6, 6.07) is 0.747. The number of rotatable bonds is 2. The van der Waals surface area contributed by atoms with E-state index in [1.54, 1.807) is 0 Å². The van der Waals surface area contributed by atoms with Crippen molar-refractivity contribution >= 4 is 0 Å². The highest BCUT2D eigenvalue weighted by Gasteiger charge is 2.51. The maximum atomic E-state index is 2.70. The smallest absolute Gasteiger partial charge is 0.00440 e. The van der Waals surface area contributed by atoms with E-state index in [1.807, 2.05) is 0 Å². The van der Waals surface area contributed by atoms with E-state index in [1.165, 1.54) is 32.4 Å². The lowest BCUT2D eigenvalue weighted by Crippen LogP contribution is -2.39. The molecule has 0 amide bonds. The molecule has 82 valence electrons. The molecule has 1 saturated heterocycles. The van der Waals surface area contributed by atoms with Gasteiger partial charge < -0.3 is 4.90 Å². The molecule has 2 aliphatic rings. The summed E-state index contributed by atoms with van der Waals surface area (Å²) in [4.78, 5) is 2.70. The minimum atomic E-state index is 0.735. The van der Waals surface area contributed by atoms with E-state index in [-0.39, 0.29) is 0 Å². The van der Waals surface area contributed by atoms with Crippen molar-refractivity contribution in [3.05, 3.63) is 0 Å². The Labute approximate surface area is 88.9 Å². The molecule has 1 heteroatoms. The van der Waals surface area contributed by atoms with Crippen LogP contribution in [0.15, 0.2) is 0 Å². The number of likely N-dealkylation sites (tertiary alicyclic amines) is 1. The first-order chi connectivity index (χ1) is 6.55. The zero-order valence-electron chi connectivity index (χ0n) is 10.2. The molecule has 0 aromatic rings. The first-order valence-corrected chi connectivity index (χ1v) is 6.29. The van der Waals surface area contributed by atoms with Crippen LogP contribution in [0.5, 0.6) is 0 Å². The molecule has 2 fully saturated rings. The molecule has 1 spiro atoms. The average molecular weight is 195 g/mol. The molecule has 0 N–H and O–H groups in total. The van der Waals surface area contributed by atoms with E-state index in [0.717, 1.165) is 23.3 Å². The Morgan fingerprint density at radius 2 is 1.79 bits per heavy atom. The summed E-state index contributed by atoms with van der Waals surface area (Å²) in [5.74, 6) is 1.85. The van der Waals surface area contributed by atoms with Gasteiger partial charge in [0, 0.05) is 19.1 Å². The molecule has 1 aliphatic carbocycles. The number of hydrogen-bond donors (Lipinski definition) is 0. The Balaban J connectivity index is 2.09. The molecule has 2 rings (SSSR count). The maximum absolute atomic E-state index is 2.70. The van der Waals surface area contributed by atoms with Crippen molar-refractivity contribution in [3.8, 4) is 0 Å². The SMILES string of the molecule is CC(C)C1CN(C(C)C)CC12CCC2. The quantitative estimate of drug-likeness (QED) is 0.654. The van der Waals surface area contributed by atoms with Crippen molar-refractivity contribution in [1.82, 2.24) is 4.90 Å². The molecule has 0 radical (unpaired) electrons. The van der Waals surface area contributed by atoms with Crippen LogP contribution in [-0.4, -0.2) is 24.0 Å². The van der Waals surface area contributed by atoms with Crippen LogP contribution >= 0.6 is 0 Å². The topological polar surface area (TPSA) is 3.24 Å². The van der Waals surface area contributed by atoms with Gasteiger partial charge in [0.05, 0.1) is 0 Å². The van der Waals surface area contributed by atoms with Crippen molar-refractivity contribution in [3.63, 3.8) is 0 Å². The van der Waals surface area contributed by atoms with Crippen LogP contribution in [0, 0.1) is 17.3 Å². The minimum absolute atomic E-state index is 0.735. The second-order valence-electron chi connectivity index (χ2n) is 6.09. The van der Waals surface area contributed by atoms with E-state index in [4.69, 9.17) is 0 Å². The molecular formula is C13H25N. The molecule has 1 saturated carbocycles. The summed E-state index contributed by atoms with van der Waals surface area (Å²) in [5, 5.41) is 0. The predicted molar refractivity (Wildman–Crippen MR) is 61.3 cm³/mol. The predicted octanol–water partition coefficient (Wildman–Crippen LogP) is 3.15. The molecule has 0 aromatic carbocycles. The highest BCUT2D eigenvalue weighted by atomic mass is 15.2. The first kappa shape index (κ1) is 10.5. The van der Waals surface area contributed by atoms with Gasteiger partial charge in [0.15, 0.2) is 0 Å². The molecule has 0 aromatic heterocycles. The third-order valence-corrected chi connectivity index (χ3v) is 4.62. The van der Waals surface area contributed by atoms with Crippen LogP contribution in [0.3, 0.4) is 0 Å². The van der Waals surface area contributed by atoms with Gasteiger partial charge in [-0.25, -0.2) is 0 Å². The second-order valence-corrected chi connectivity index (χ2v) is 6.09. The molecular weight excluding hydrogens is 170 g/mol. The lowest BCUT2D eigenvalue weighted by molar-refractivity contribution is 0.0647. The zero-order chi connectivity index (χ0) is 10.3. The van der Waals surface area contributed by atoms with Crippen molar-refractivity contribution in [2.45, 2.75) is 53.0 Å². The number of hydrogen-bond acceptors (Lipinski definition) is 1. The largest absolute Gasteiger partial charge is 0.300 e. The van der Waals surface area contributed by atoms with Gasteiger partial charge >= 0.3 is 0 Å². The standard InChI is InChI=1S/C13H25N/c1-10(2)12-8-14(11(3)4)9-13(12)6-5-7-13/h10-12H,5-9H2,1-4H3. The molecule has 1 atom stereocenters. The summed E-state index contributed by atoms with van der Waals surface area (Å²) in [6.45, 7) is 12.2. The molecule has 1 aliphatic heterocycles. The van der Waals surface area contributed by atoms with Crippen LogP contribution in [0.2, 0.25) is 0 Å². The Morgan fingerprint density at radius 3 is 2.07 bits per heavy atom. The molecule has 1 heterocycles. The van der Waals surface area contributed by atoms with E-state index in [0.29, 0.717) is 0 Å². The summed E-state index contributed by atoms with van der Waals surface area (Å²) < 4.78 is 0. The second kappa shape index (κ2) is 3.52. The van der Waals surface area contributed by atoms with Crippen molar-refractivity contribution < 1.29 is 0 Å². The first-order valence-electron chi connectivity index (χ1n) is 6.29. The van der Waals surface area contributed by atoms with Crippen LogP contribution in [-0.2, 0) is 0 Å². The molecule has 14 heavy (non-hydrogen) atoms. The Hall–Kier alpha value is -0.0400. The van der Waals surface area contributed by atoms with Gasteiger partial charge in [0.1, 0.15) is 0 Å². The van der Waals surface area contributed by atoms with E-state index >= 15 is 0 Å². The highest BCUT2D eigenvalue weighted by molar-refractivity contribution is 5.02. The summed E-state index contributed by atoms with van der Waals surface area (Å²) in [5.41, 5.74) is 0.735. The molecule has 1 nitrogen and oxygen atoms in total. The Bertz CT molecular complexity index is 203.